The van der Waals surface area contributed by atoms with E-state index < -0.39 is 23.5 Å². The van der Waals surface area contributed by atoms with Crippen LogP contribution in [0.1, 0.15) is 113 Å². The van der Waals surface area contributed by atoms with Gasteiger partial charge >= 0.3 is 168 Å². The Morgan fingerprint density at radius 3 is 1.31 bits per heavy atom. The summed E-state index contributed by atoms with van der Waals surface area (Å²) < 4.78 is 96.8. The molecule has 35 nitrogen and oxygen atoms in total. The summed E-state index contributed by atoms with van der Waals surface area (Å²) in [6.45, 7) is 27.2. The number of phenols is 4. The molecule has 14 N–H and O–H groups in total. The number of furan rings is 2. The SMILES string of the molecule is BrCc1cc(Br)c2occc2c1.C1COCCN1.CCO.CCOC(=O)Cc1ccc(OCC)cc1O.CCOC(=O)Cc1ccc(OCC)cc1OCc1cc(Br)c2occc2c1.CCOc1ccc(C(C)=O)c(O)c1.CCOc1ccc(CC(=O)O)c(O)c1.CCOc1ccc(CC(=S)N2CCOCC2)c(O)c1.Cl.NCc1cccc(B(O)O)c1.O=CO[O-].O=S(=O)(O)O.[H-].[K+].[K+].[Na+].[OH-]. The number of halogens is 4. The number of nitrogens with two attached hydrogens (primary N) is 1. The van der Waals surface area contributed by atoms with E-state index in [-0.39, 0.29) is 225 Å². The monoisotopic (exact) mass is 2200 g/mol. The summed E-state index contributed by atoms with van der Waals surface area (Å²) in [5.41, 5.74) is 13.5. The van der Waals surface area contributed by atoms with Gasteiger partial charge in [0.15, 0.2) is 5.78 Å². The number of nitrogens with zero attached hydrogens (tertiary/aromatic N) is 1. The molecule has 12 rings (SSSR count). The first kappa shape index (κ1) is 135. The van der Waals surface area contributed by atoms with Crippen LogP contribution in [0, 0.1) is 0 Å². The second-order valence-electron chi connectivity index (χ2n) is 26.1. The Balaban J connectivity index is -0.000000479. The first-order chi connectivity index (χ1) is 62.1. The number of hydrogen-bond donors (Lipinski definition) is 12. The third kappa shape index (κ3) is 58.6. The van der Waals surface area contributed by atoms with Gasteiger partial charge in [0.1, 0.15) is 75.3 Å². The second kappa shape index (κ2) is 79.5. The number of benzene rings is 8. The minimum Gasteiger partial charge on any atom is -1.00 e. The first-order valence-electron chi connectivity index (χ1n) is 40.6. The summed E-state index contributed by atoms with van der Waals surface area (Å²) >= 11 is 15.8. The molecule has 10 aromatic rings. The van der Waals surface area contributed by atoms with Gasteiger partial charge in [-0.2, -0.15) is 8.42 Å². The Morgan fingerprint density at radius 2 is 0.948 bits per heavy atom. The van der Waals surface area contributed by atoms with Gasteiger partial charge in [-0.3, -0.25) is 33.1 Å². The topological polar surface area (TPSA) is 544 Å². The maximum atomic E-state index is 11.9. The van der Waals surface area contributed by atoms with Gasteiger partial charge in [-0.15, -0.1) is 12.4 Å². The van der Waals surface area contributed by atoms with Gasteiger partial charge in [0.2, 0.25) is 0 Å². The van der Waals surface area contributed by atoms with Crippen LogP contribution in [-0.2, 0) is 97.6 Å². The Bertz CT molecular complexity index is 5140. The summed E-state index contributed by atoms with van der Waals surface area (Å²) in [5, 5.41) is 86.6. The molecule has 0 bridgehead atoms. The number of aromatic hydroxyl groups is 4. The van der Waals surface area contributed by atoms with Crippen LogP contribution in [0.4, 0.5) is 0 Å². The molecule has 2 aromatic heterocycles. The summed E-state index contributed by atoms with van der Waals surface area (Å²) in [7, 11) is -6.07. The zero-order valence-corrected chi connectivity index (χ0v) is 92.8. The van der Waals surface area contributed by atoms with Gasteiger partial charge in [0.25, 0.3) is 6.47 Å². The summed E-state index contributed by atoms with van der Waals surface area (Å²) in [6.07, 6.45) is 3.98. The minimum atomic E-state index is -4.67. The number of carbonyl (C=O) groups excluding carboxylic acids is 4. The van der Waals surface area contributed by atoms with Crippen LogP contribution in [-0.4, -0.2) is 216 Å². The van der Waals surface area contributed by atoms with Crippen molar-refractivity contribution in [3.05, 3.63) is 218 Å². The van der Waals surface area contributed by atoms with E-state index in [0.717, 1.165) is 116 Å². The molecular weight excluding hydrogens is 2090 g/mol. The second-order valence-corrected chi connectivity index (χ2v) is 29.8. The minimum absolute atomic E-state index is 0. The standard InChI is InChI=1S/C21H21BrO5.C14H19NO3S.C12H16O4.C10H12O4.C10H12O3.C9H6Br2O.C7H10BNO2.C4H9NO.C2H6O.CH2O3.ClH.2K.Na.H2O4S.H2O.H/c1-3-24-17-6-5-15(11-20(23)25-4-2)19(12-17)27-13-14-9-16-7-8-26-21(16)18(22)10-14;1-2-18-12-4-3-11(13(16)10-12)9-14(19)15-5-7-17-8-6-15;1-3-15-10-6-5-9(11(13)8-10)7-12(14)16-4-2;1-2-14-8-4-3-7(5-10(12)13)9(11)6-8;1-3-13-8-4-5-9(7(2)11)10(12)6-8;10-5-6-3-7-1-2-12-9(7)8(11)4-6;9-5-6-2-1-3-7(4-6)8(10)11;1-3-6-4-2-5-1;1-2-3;2-1-4-3;;;;;1-5(2,3)4;;/h5-10,12H,3-4,11,13H2,1-2H3;3-4,10,16H,2,5-9H2,1H3;5-6,8,13H,3-4,7H2,1-2H3;3-4,6,11H,2,5H2,1H3,(H,12,13);4-6,12H,3H2,1-2H3;1-4H,5H2;1-4,10-11H,5,9H2;5H,1-4H2;3H,2H2,1H3;1,3H;1H;;;;(H2,1,2,3,4);1H2;/q;;;;;;;;;;;3*+1;;;-1/p-2. The van der Waals surface area contributed by atoms with E-state index in [4.69, 9.17) is 122 Å². The molecule has 0 atom stereocenters. The van der Waals surface area contributed by atoms with Gasteiger partial charge in [-0.25, -0.2) is 0 Å². The van der Waals surface area contributed by atoms with Gasteiger partial charge < -0.3 is 130 Å². The number of alkyl halides is 1. The fraction of sp³-hybridized carbons (Fsp3) is 0.356. The van der Waals surface area contributed by atoms with Crippen molar-refractivity contribution in [1.82, 2.24) is 10.2 Å². The Morgan fingerprint density at radius 1 is 0.563 bits per heavy atom. The molecule has 2 saturated heterocycles. The number of ketones is 1. The molecule has 2 fully saturated rings. The van der Waals surface area contributed by atoms with Crippen molar-refractivity contribution in [3.8, 4) is 57.5 Å². The molecule has 0 spiro atoms. The third-order valence-electron chi connectivity index (χ3n) is 16.5. The zero-order valence-electron chi connectivity index (χ0n) is 78.4. The number of aliphatic carboxylic acids is 1. The van der Waals surface area contributed by atoms with E-state index in [1.807, 2.05) is 95.3 Å². The third-order valence-corrected chi connectivity index (χ3v) is 18.7. The van der Waals surface area contributed by atoms with Gasteiger partial charge in [-0.1, -0.05) is 76.7 Å². The summed E-state index contributed by atoms with van der Waals surface area (Å²) in [4.78, 5) is 58.7. The van der Waals surface area contributed by atoms with Crippen LogP contribution >= 0.6 is 72.4 Å². The number of esters is 2. The van der Waals surface area contributed by atoms with Crippen molar-refractivity contribution < 1.29 is 288 Å². The number of ether oxygens (including phenoxy) is 10. The predicted octanol–water partition coefficient (Wildman–Crippen LogP) is 4.25. The van der Waals surface area contributed by atoms with E-state index >= 15 is 0 Å². The summed E-state index contributed by atoms with van der Waals surface area (Å²) in [6, 6.07) is 43.9. The molecule has 2 aliphatic heterocycles. The Kier molecular flexibility index (Phi) is 79.6. The molecule has 2 aliphatic rings. The maximum absolute atomic E-state index is 11.9. The maximum Gasteiger partial charge on any atom is 1.00 e. The molecule has 730 valence electrons. The number of carboxylic acid groups (broad SMARTS) is 1. The molecule has 8 aromatic carbocycles. The molecule has 4 heterocycles. The molecule has 0 unspecified atom stereocenters. The fourth-order valence-electron chi connectivity index (χ4n) is 10.9. The van der Waals surface area contributed by atoms with Crippen molar-refractivity contribution in [2.45, 2.75) is 106 Å². The normalized spacial score (nSPS) is 11.0. The Hall–Kier alpha value is -6.14. The zero-order chi connectivity index (χ0) is 96.9. The molecular formula is C90H117BBr3ClK2N3NaO32S2. The number of carboxylic acids is 1. The van der Waals surface area contributed by atoms with Gasteiger partial charge in [0.05, 0.1) is 124 Å². The van der Waals surface area contributed by atoms with E-state index in [9.17, 15) is 39.6 Å². The first-order valence-corrected chi connectivity index (χ1v) is 45.1. The van der Waals surface area contributed by atoms with Crippen LogP contribution in [0.2, 0.25) is 0 Å². The van der Waals surface area contributed by atoms with Gasteiger partial charge in [-0.05, 0) is 189 Å². The molecule has 0 aliphatic carbocycles. The van der Waals surface area contributed by atoms with E-state index in [1.54, 1.807) is 94.0 Å². The van der Waals surface area contributed by atoms with Crippen molar-refractivity contribution >= 4 is 152 Å². The number of aliphatic hydroxyl groups is 1. The summed E-state index contributed by atoms with van der Waals surface area (Å²) in [5.74, 6) is 2.17. The molecule has 0 saturated carbocycles. The number of carbonyl (C=O) groups is 5. The quantitative estimate of drug-likeness (QED) is 0.00375. The van der Waals surface area contributed by atoms with Crippen LogP contribution in [0.5, 0.6) is 57.5 Å². The number of Topliss-reactive ketones (excluding diaryl/α,β-unsaturated/α-hetero) is 1. The van der Waals surface area contributed by atoms with Crippen molar-refractivity contribution in [3.63, 3.8) is 0 Å². The average molecular weight is 2200 g/mol. The largest absolute Gasteiger partial charge is 1.00 e. The number of nitrogens with one attached hydrogen (secondary N) is 1. The number of phenolic OH excluding ortho intramolecular Hbond substituents is 4. The average Bonchev–Trinajstić information content (AvgIpc) is 1.65. The van der Waals surface area contributed by atoms with Crippen LogP contribution in [0.25, 0.3) is 21.9 Å². The molecule has 0 amide bonds. The van der Waals surface area contributed by atoms with Crippen molar-refractivity contribution in [2.24, 2.45) is 5.73 Å². The number of rotatable bonds is 28. The van der Waals surface area contributed by atoms with E-state index in [2.05, 4.69) is 75.0 Å². The molecule has 45 heteroatoms. The number of thiocarbonyl (C=S) groups is 1. The van der Waals surface area contributed by atoms with E-state index in [0.29, 0.717) is 122 Å². The van der Waals surface area contributed by atoms with Crippen molar-refractivity contribution in [1.29, 1.82) is 0 Å². The van der Waals surface area contributed by atoms with E-state index in [1.165, 1.54) is 30.7 Å². The number of morpholine rings is 2. The van der Waals surface area contributed by atoms with Crippen LogP contribution in [0.3, 0.4) is 0 Å². The van der Waals surface area contributed by atoms with Gasteiger partial charge in [0, 0.05) is 114 Å². The number of hydrogen-bond acceptors (Lipinski definition) is 32. The van der Waals surface area contributed by atoms with Crippen molar-refractivity contribution in [2.75, 3.05) is 105 Å². The van der Waals surface area contributed by atoms with Crippen LogP contribution in [0.15, 0.2) is 182 Å². The predicted molar refractivity (Wildman–Crippen MR) is 512 cm³/mol. The fourth-order valence-corrected chi connectivity index (χ4v) is 12.8. The molecule has 135 heavy (non-hydrogen) atoms. The number of fused-ring (bicyclic) bond motifs is 2. The number of aliphatic hydroxyl groups excluding tert-OH is 1. The Labute approximate surface area is 931 Å². The smallest absolute Gasteiger partial charge is 1.00 e. The van der Waals surface area contributed by atoms with Crippen LogP contribution < -0.4 is 183 Å². The molecule has 0 radical (unpaired) electrons.